The van der Waals surface area contributed by atoms with Crippen LogP contribution in [0, 0.1) is 10.5 Å². The molecule has 98 valence electrons. The molecule has 0 aliphatic carbocycles. The molecule has 20 heavy (non-hydrogen) atoms. The molecule has 3 aromatic rings. The Morgan fingerprint density at radius 1 is 1.05 bits per heavy atom. The van der Waals surface area contributed by atoms with Crippen LogP contribution in [-0.4, -0.2) is 10.8 Å². The number of fused-ring (bicyclic) bond motifs is 1. The predicted octanol–water partition coefficient (Wildman–Crippen LogP) is 4.38. The average Bonchev–Trinajstić information content (AvgIpc) is 2.49. The Hall–Kier alpha value is -1.75. The molecule has 2 nitrogen and oxygen atoms in total. The van der Waals surface area contributed by atoms with E-state index in [9.17, 15) is 4.79 Å². The fourth-order valence-electron chi connectivity index (χ4n) is 2.28. The molecule has 0 spiro atoms. The first-order chi connectivity index (χ1) is 9.68. The van der Waals surface area contributed by atoms with Gasteiger partial charge in [0.1, 0.15) is 0 Å². The van der Waals surface area contributed by atoms with Crippen LogP contribution in [0.5, 0.6) is 0 Å². The van der Waals surface area contributed by atoms with Crippen LogP contribution in [0.25, 0.3) is 10.8 Å². The second-order valence-corrected chi connectivity index (χ2v) is 5.75. The van der Waals surface area contributed by atoms with Gasteiger partial charge < -0.3 is 0 Å². The Morgan fingerprint density at radius 2 is 1.80 bits per heavy atom. The molecule has 0 aliphatic rings. The molecular weight excluding hydrogens is 361 g/mol. The van der Waals surface area contributed by atoms with Gasteiger partial charge in [0.05, 0.1) is 0 Å². The van der Waals surface area contributed by atoms with Crippen LogP contribution in [0.3, 0.4) is 0 Å². The van der Waals surface area contributed by atoms with Gasteiger partial charge in [0.25, 0.3) is 0 Å². The first-order valence-corrected chi connectivity index (χ1v) is 7.39. The molecule has 0 saturated carbocycles. The lowest BCUT2D eigenvalue weighted by atomic mass is 9.97. The minimum Gasteiger partial charge on any atom is -0.289 e. The van der Waals surface area contributed by atoms with E-state index in [1.54, 1.807) is 12.4 Å². The lowest BCUT2D eigenvalue weighted by molar-refractivity contribution is 0.103. The van der Waals surface area contributed by atoms with E-state index in [0.717, 1.165) is 25.5 Å². The van der Waals surface area contributed by atoms with Crippen molar-refractivity contribution in [3.8, 4) is 0 Å². The van der Waals surface area contributed by atoms with Crippen LogP contribution in [0.4, 0.5) is 0 Å². The van der Waals surface area contributed by atoms with Crippen LogP contribution >= 0.6 is 22.6 Å². The van der Waals surface area contributed by atoms with Gasteiger partial charge in [0.2, 0.25) is 0 Å². The van der Waals surface area contributed by atoms with Crippen LogP contribution < -0.4 is 0 Å². The molecule has 3 heteroatoms. The van der Waals surface area contributed by atoms with Gasteiger partial charge in [-0.25, -0.2) is 0 Å². The van der Waals surface area contributed by atoms with Gasteiger partial charge in [-0.3, -0.25) is 9.78 Å². The van der Waals surface area contributed by atoms with E-state index in [1.807, 2.05) is 49.4 Å². The summed E-state index contributed by atoms with van der Waals surface area (Å²) in [6.45, 7) is 2.02. The summed E-state index contributed by atoms with van der Waals surface area (Å²) >= 11 is 2.23. The largest absolute Gasteiger partial charge is 0.289 e. The van der Waals surface area contributed by atoms with Crippen molar-refractivity contribution in [1.29, 1.82) is 0 Å². The number of rotatable bonds is 2. The second-order valence-electron chi connectivity index (χ2n) is 4.67. The monoisotopic (exact) mass is 373 g/mol. The molecule has 0 amide bonds. The van der Waals surface area contributed by atoms with Crippen molar-refractivity contribution >= 4 is 39.1 Å². The molecule has 0 unspecified atom stereocenters. The Labute approximate surface area is 131 Å². The van der Waals surface area contributed by atoms with E-state index >= 15 is 0 Å². The van der Waals surface area contributed by atoms with E-state index in [-0.39, 0.29) is 5.78 Å². The molecule has 0 aliphatic heterocycles. The summed E-state index contributed by atoms with van der Waals surface area (Å²) in [5.74, 6) is 0.0525. The first-order valence-electron chi connectivity index (χ1n) is 6.31. The smallest absolute Gasteiger partial charge is 0.194 e. The molecule has 0 saturated heterocycles. The van der Waals surface area contributed by atoms with E-state index in [1.165, 1.54) is 0 Å². The Bertz CT molecular complexity index is 806. The summed E-state index contributed by atoms with van der Waals surface area (Å²) in [7, 11) is 0. The van der Waals surface area contributed by atoms with Crippen LogP contribution in [-0.2, 0) is 0 Å². The number of pyridine rings is 1. The number of carbonyl (C=O) groups is 1. The standard InChI is InChI=1S/C17H12INO/c1-11-4-2-7-14(16(11)18)17(20)13-6-3-5-12-8-9-19-10-15(12)13/h2-10H,1H3. The van der Waals surface area contributed by atoms with Gasteiger partial charge in [-0.2, -0.15) is 0 Å². The van der Waals surface area contributed by atoms with Gasteiger partial charge in [0.15, 0.2) is 5.78 Å². The molecule has 2 aromatic carbocycles. The van der Waals surface area contributed by atoms with Crippen molar-refractivity contribution in [2.24, 2.45) is 0 Å². The molecular formula is C17H12INO. The molecule has 0 fully saturated rings. The number of benzene rings is 2. The summed E-state index contributed by atoms with van der Waals surface area (Å²) < 4.78 is 1.01. The molecule has 3 rings (SSSR count). The van der Waals surface area contributed by atoms with Gasteiger partial charge in [0, 0.05) is 32.5 Å². The third-order valence-corrected chi connectivity index (χ3v) is 4.80. The summed E-state index contributed by atoms with van der Waals surface area (Å²) in [5.41, 5.74) is 2.58. The Balaban J connectivity index is 2.21. The zero-order valence-electron chi connectivity index (χ0n) is 10.9. The minimum atomic E-state index is 0.0525. The van der Waals surface area contributed by atoms with Gasteiger partial charge in [-0.15, -0.1) is 0 Å². The molecule has 0 bridgehead atoms. The van der Waals surface area contributed by atoms with Crippen molar-refractivity contribution in [1.82, 2.24) is 4.98 Å². The average molecular weight is 373 g/mol. The summed E-state index contributed by atoms with van der Waals surface area (Å²) in [6, 6.07) is 13.5. The summed E-state index contributed by atoms with van der Waals surface area (Å²) in [6.07, 6.45) is 3.50. The maximum absolute atomic E-state index is 12.8. The number of hydrogen-bond acceptors (Lipinski definition) is 2. The highest BCUT2D eigenvalue weighted by Crippen LogP contribution is 2.24. The van der Waals surface area contributed by atoms with Gasteiger partial charge in [-0.1, -0.05) is 30.3 Å². The number of carbonyl (C=O) groups excluding carboxylic acids is 1. The molecule has 1 heterocycles. The Morgan fingerprint density at radius 3 is 2.65 bits per heavy atom. The fraction of sp³-hybridized carbons (Fsp3) is 0.0588. The highest BCUT2D eigenvalue weighted by Gasteiger charge is 2.15. The number of nitrogens with zero attached hydrogens (tertiary/aromatic N) is 1. The Kier molecular flexibility index (Phi) is 3.53. The SMILES string of the molecule is Cc1cccc(C(=O)c2cccc3ccncc23)c1I. The van der Waals surface area contributed by atoms with Crippen LogP contribution in [0.15, 0.2) is 54.9 Å². The fourth-order valence-corrected chi connectivity index (χ4v) is 2.88. The number of aryl methyl sites for hydroxylation is 1. The normalized spacial score (nSPS) is 10.7. The number of hydrogen-bond donors (Lipinski definition) is 0. The zero-order valence-corrected chi connectivity index (χ0v) is 13.1. The van der Waals surface area contributed by atoms with E-state index in [2.05, 4.69) is 27.6 Å². The van der Waals surface area contributed by atoms with E-state index in [0.29, 0.717) is 5.56 Å². The quantitative estimate of drug-likeness (QED) is 0.493. The number of ketones is 1. The zero-order chi connectivity index (χ0) is 14.1. The topological polar surface area (TPSA) is 30.0 Å². The maximum atomic E-state index is 12.8. The van der Waals surface area contributed by atoms with Crippen molar-refractivity contribution in [3.05, 3.63) is 75.1 Å². The number of halogens is 1. The first kappa shape index (κ1) is 13.2. The third-order valence-electron chi connectivity index (χ3n) is 3.36. The van der Waals surface area contributed by atoms with Crippen molar-refractivity contribution < 1.29 is 4.79 Å². The van der Waals surface area contributed by atoms with Crippen molar-refractivity contribution in [2.45, 2.75) is 6.92 Å². The lowest BCUT2D eigenvalue weighted by Crippen LogP contribution is -2.05. The highest BCUT2D eigenvalue weighted by molar-refractivity contribution is 14.1. The minimum absolute atomic E-state index is 0.0525. The highest BCUT2D eigenvalue weighted by atomic mass is 127. The summed E-state index contributed by atoms with van der Waals surface area (Å²) in [4.78, 5) is 16.9. The molecule has 0 radical (unpaired) electrons. The number of aromatic nitrogens is 1. The second kappa shape index (κ2) is 5.32. The molecule has 0 N–H and O–H groups in total. The third kappa shape index (κ3) is 2.22. The lowest BCUT2D eigenvalue weighted by Gasteiger charge is -2.08. The van der Waals surface area contributed by atoms with E-state index in [4.69, 9.17) is 0 Å². The summed E-state index contributed by atoms with van der Waals surface area (Å²) in [5, 5.41) is 1.94. The van der Waals surface area contributed by atoms with Crippen LogP contribution in [0.2, 0.25) is 0 Å². The maximum Gasteiger partial charge on any atom is 0.194 e. The van der Waals surface area contributed by atoms with Gasteiger partial charge in [-0.05, 0) is 52.6 Å². The van der Waals surface area contributed by atoms with E-state index < -0.39 is 0 Å². The van der Waals surface area contributed by atoms with Crippen molar-refractivity contribution in [2.75, 3.05) is 0 Å². The van der Waals surface area contributed by atoms with Crippen LogP contribution in [0.1, 0.15) is 21.5 Å². The molecule has 1 aromatic heterocycles. The van der Waals surface area contributed by atoms with Crippen molar-refractivity contribution in [3.63, 3.8) is 0 Å². The molecule has 0 atom stereocenters. The van der Waals surface area contributed by atoms with Gasteiger partial charge >= 0.3 is 0 Å². The predicted molar refractivity (Wildman–Crippen MR) is 89.1 cm³/mol.